The van der Waals surface area contributed by atoms with E-state index in [0.29, 0.717) is 25.2 Å². The number of hydrogen-bond acceptors (Lipinski definition) is 7. The van der Waals surface area contributed by atoms with E-state index in [1.165, 1.54) is 19.3 Å². The summed E-state index contributed by atoms with van der Waals surface area (Å²) < 4.78 is 10.7. The van der Waals surface area contributed by atoms with Crippen molar-refractivity contribution < 1.29 is 34.1 Å². The van der Waals surface area contributed by atoms with E-state index in [0.717, 1.165) is 24.5 Å². The summed E-state index contributed by atoms with van der Waals surface area (Å²) in [4.78, 5) is 38.4. The van der Waals surface area contributed by atoms with Crippen molar-refractivity contribution in [3.05, 3.63) is 88.2 Å². The van der Waals surface area contributed by atoms with Crippen LogP contribution in [0.2, 0.25) is 0 Å². The lowest BCUT2D eigenvalue weighted by Crippen LogP contribution is -2.20. The van der Waals surface area contributed by atoms with Crippen LogP contribution in [0.25, 0.3) is 0 Å². The molecule has 0 radical (unpaired) electrons. The Bertz CT molecular complexity index is 1130. The van der Waals surface area contributed by atoms with Crippen LogP contribution in [0.3, 0.4) is 0 Å². The second-order valence-electron chi connectivity index (χ2n) is 8.22. The third kappa shape index (κ3) is 6.53. The highest BCUT2D eigenvalue weighted by Gasteiger charge is 2.33. The number of methoxy groups -OCH3 is 1. The molecule has 1 aliphatic rings. The maximum Gasteiger partial charge on any atom is 0.228 e. The average molecular weight is 479 g/mol. The predicted octanol–water partition coefficient (Wildman–Crippen LogP) is 4.35. The maximum atomic E-state index is 13.1. The summed E-state index contributed by atoms with van der Waals surface area (Å²) in [5.74, 6) is -2.01. The van der Waals surface area contributed by atoms with Gasteiger partial charge in [-0.1, -0.05) is 48.9 Å². The number of Topliss-reactive ketones (excluding diaryl/α,β-unsaturated/α-hetero) is 2. The predicted molar refractivity (Wildman–Crippen MR) is 131 cm³/mol. The van der Waals surface area contributed by atoms with Crippen LogP contribution in [0.5, 0.6) is 5.75 Å². The van der Waals surface area contributed by atoms with E-state index >= 15 is 0 Å². The number of rotatable bonds is 13. The van der Waals surface area contributed by atoms with Gasteiger partial charge in [0.2, 0.25) is 5.78 Å². The fourth-order valence-electron chi connectivity index (χ4n) is 4.01. The zero-order chi connectivity index (χ0) is 25.2. The number of hydrogen-bond donors (Lipinski definition) is 2. The molecule has 0 amide bonds. The van der Waals surface area contributed by atoms with Gasteiger partial charge in [-0.05, 0) is 36.5 Å². The highest BCUT2D eigenvalue weighted by molar-refractivity contribution is 6.26. The van der Waals surface area contributed by atoms with Crippen LogP contribution in [0, 0.1) is 0 Å². The number of aliphatic hydroxyl groups is 1. The van der Waals surface area contributed by atoms with E-state index in [2.05, 4.69) is 0 Å². The Morgan fingerprint density at radius 3 is 2.54 bits per heavy atom. The summed E-state index contributed by atoms with van der Waals surface area (Å²) >= 11 is 0. The largest absolute Gasteiger partial charge is 0.506 e. The lowest BCUT2D eigenvalue weighted by Gasteiger charge is -2.19. The van der Waals surface area contributed by atoms with E-state index in [1.54, 1.807) is 6.08 Å². The summed E-state index contributed by atoms with van der Waals surface area (Å²) in [5.41, 5.74) is 1.39. The van der Waals surface area contributed by atoms with E-state index in [9.17, 15) is 19.5 Å². The van der Waals surface area contributed by atoms with Gasteiger partial charge in [-0.2, -0.15) is 0 Å². The molecular weight excluding hydrogens is 448 g/mol. The molecule has 7 nitrogen and oxygen atoms in total. The van der Waals surface area contributed by atoms with Gasteiger partial charge in [0.15, 0.2) is 17.3 Å². The van der Waals surface area contributed by atoms with Crippen LogP contribution in [0.1, 0.15) is 67.9 Å². The number of phenols is 1. The number of phenolic OH excluding ortho intramolecular Hbond substituents is 1. The molecule has 3 rings (SSSR count). The van der Waals surface area contributed by atoms with Crippen LogP contribution in [-0.2, 0) is 22.5 Å². The molecule has 0 aromatic heterocycles. The Labute approximate surface area is 204 Å². The van der Waals surface area contributed by atoms with Crippen LogP contribution >= 0.6 is 0 Å². The average Bonchev–Trinajstić information content (AvgIpc) is 2.86. The summed E-state index contributed by atoms with van der Waals surface area (Å²) in [6.45, 7) is 0.940. The Hall–Kier alpha value is -3.55. The van der Waals surface area contributed by atoms with Crippen molar-refractivity contribution in [2.45, 2.75) is 38.7 Å². The van der Waals surface area contributed by atoms with Gasteiger partial charge in [-0.3, -0.25) is 14.4 Å². The summed E-state index contributed by atoms with van der Waals surface area (Å²) in [6, 6.07) is 11.3. The number of allylic oxidation sites excluding steroid dienone is 3. The van der Waals surface area contributed by atoms with Crippen molar-refractivity contribution in [2.75, 3.05) is 20.3 Å². The van der Waals surface area contributed by atoms with E-state index in [1.807, 2.05) is 30.3 Å². The lowest BCUT2D eigenvalue weighted by atomic mass is 9.85. The molecule has 0 heterocycles. The Morgan fingerprint density at radius 1 is 1.06 bits per heavy atom. The topological polar surface area (TPSA) is 110 Å². The molecule has 0 saturated heterocycles. The molecule has 1 aliphatic carbocycles. The van der Waals surface area contributed by atoms with Crippen LogP contribution in [0.15, 0.2) is 60.4 Å². The number of carbonyl (C=O) groups is 3. The minimum Gasteiger partial charge on any atom is -0.506 e. The molecule has 0 bridgehead atoms. The molecule has 0 aliphatic heterocycles. The summed E-state index contributed by atoms with van der Waals surface area (Å²) in [5, 5.41) is 20.0. The van der Waals surface area contributed by atoms with Crippen LogP contribution < -0.4 is 0 Å². The quantitative estimate of drug-likeness (QED) is 0.250. The zero-order valence-corrected chi connectivity index (χ0v) is 19.8. The third-order valence-electron chi connectivity index (χ3n) is 5.77. The first-order valence-electron chi connectivity index (χ1n) is 11.6. The van der Waals surface area contributed by atoms with E-state index in [-0.39, 0.29) is 47.7 Å². The number of fused-ring (bicyclic) bond motifs is 1. The molecule has 2 N–H and O–H groups in total. The van der Waals surface area contributed by atoms with Crippen molar-refractivity contribution in [3.63, 3.8) is 0 Å². The minimum absolute atomic E-state index is 0.00589. The normalized spacial score (nSPS) is 13.1. The second-order valence-corrected chi connectivity index (χ2v) is 8.22. The molecule has 0 spiro atoms. The molecule has 7 heteroatoms. The molecule has 2 aromatic rings. The molecule has 0 saturated carbocycles. The maximum absolute atomic E-state index is 13.1. The first-order valence-corrected chi connectivity index (χ1v) is 11.6. The smallest absolute Gasteiger partial charge is 0.228 e. The standard InChI is InChI=1S/C28H30O7/c1-34-24-17-23(31)26-21(27(24)32)16-20(12-7-8-14-29)25(28(26)33)22(30)13-6-3-9-15-35-18-19-10-4-2-5-11-19/h2,4-5,7-8,10-11,16-17,29,33H,3,6,9,12-15,18H2,1H3/b8-7+. The highest BCUT2D eigenvalue weighted by atomic mass is 16.5. The number of carbonyl (C=O) groups excluding carboxylic acids is 3. The molecular formula is C28H30O7. The minimum atomic E-state index is -0.587. The Morgan fingerprint density at radius 2 is 1.83 bits per heavy atom. The van der Waals surface area contributed by atoms with Gasteiger partial charge in [-0.15, -0.1) is 0 Å². The van der Waals surface area contributed by atoms with Crippen molar-refractivity contribution in [3.8, 4) is 5.75 Å². The third-order valence-corrected chi connectivity index (χ3v) is 5.77. The number of benzene rings is 2. The molecule has 0 fully saturated rings. The summed E-state index contributed by atoms with van der Waals surface area (Å²) in [7, 11) is 1.29. The van der Waals surface area contributed by atoms with E-state index < -0.39 is 17.3 Å². The molecule has 0 unspecified atom stereocenters. The van der Waals surface area contributed by atoms with Crippen LogP contribution in [-0.4, -0.2) is 47.9 Å². The SMILES string of the molecule is COC1=CC(=O)c2c(cc(C/C=C/CO)c(C(=O)CCCCCOCc3ccccc3)c2O)C1=O. The highest BCUT2D eigenvalue weighted by Crippen LogP contribution is 2.36. The van der Waals surface area contributed by atoms with Crippen molar-refractivity contribution >= 4 is 17.3 Å². The van der Waals surface area contributed by atoms with Gasteiger partial charge in [0.25, 0.3) is 0 Å². The fraction of sp³-hybridized carbons (Fsp3) is 0.321. The van der Waals surface area contributed by atoms with Crippen molar-refractivity contribution in [1.82, 2.24) is 0 Å². The first kappa shape index (κ1) is 26.1. The number of aromatic hydroxyl groups is 1. The molecule has 35 heavy (non-hydrogen) atoms. The Kier molecular flexibility index (Phi) is 9.52. The van der Waals surface area contributed by atoms with Crippen LogP contribution in [0.4, 0.5) is 0 Å². The zero-order valence-electron chi connectivity index (χ0n) is 19.8. The number of aliphatic hydroxyl groups excluding tert-OH is 1. The van der Waals surface area contributed by atoms with Crippen molar-refractivity contribution in [1.29, 1.82) is 0 Å². The van der Waals surface area contributed by atoms with E-state index in [4.69, 9.17) is 14.6 Å². The van der Waals surface area contributed by atoms with Gasteiger partial charge < -0.3 is 19.7 Å². The van der Waals surface area contributed by atoms with Gasteiger partial charge in [0.1, 0.15) is 5.75 Å². The Balaban J connectivity index is 1.67. The summed E-state index contributed by atoms with van der Waals surface area (Å²) in [6.07, 6.45) is 6.73. The number of unbranched alkanes of at least 4 members (excludes halogenated alkanes) is 2. The number of ketones is 3. The van der Waals surface area contributed by atoms with Gasteiger partial charge in [0, 0.05) is 24.7 Å². The van der Waals surface area contributed by atoms with Gasteiger partial charge in [-0.25, -0.2) is 0 Å². The molecule has 0 atom stereocenters. The molecule has 2 aromatic carbocycles. The monoisotopic (exact) mass is 478 g/mol. The number of ether oxygens (including phenoxy) is 2. The lowest BCUT2D eigenvalue weighted by molar-refractivity contribution is 0.0912. The fourth-order valence-corrected chi connectivity index (χ4v) is 4.01. The first-order chi connectivity index (χ1) is 17.0. The van der Waals surface area contributed by atoms with Crippen molar-refractivity contribution in [2.24, 2.45) is 0 Å². The van der Waals surface area contributed by atoms with Gasteiger partial charge >= 0.3 is 0 Å². The van der Waals surface area contributed by atoms with Gasteiger partial charge in [0.05, 0.1) is 31.5 Å². The second kappa shape index (κ2) is 12.8. The molecule has 184 valence electrons.